The zero-order valence-electron chi connectivity index (χ0n) is 21.5. The maximum atomic E-state index is 13.6. The molecular formula is C26H36N4O3S2. The molecule has 7 nitrogen and oxygen atoms in total. The molecular weight excluding hydrogens is 480 g/mol. The zero-order chi connectivity index (χ0) is 25.8. The number of anilines is 1. The lowest BCUT2D eigenvalue weighted by Gasteiger charge is -2.23. The van der Waals surface area contributed by atoms with Crippen LogP contribution in [0.2, 0.25) is 0 Å². The van der Waals surface area contributed by atoms with E-state index in [2.05, 4.69) is 26.0 Å². The number of sulfonamides is 1. The number of aromatic nitrogens is 1. The number of nitrogens with zero attached hydrogens (tertiary/aromatic N) is 4. The maximum absolute atomic E-state index is 13.6. The third kappa shape index (κ3) is 6.27. The van der Waals surface area contributed by atoms with Crippen LogP contribution >= 0.6 is 11.3 Å². The third-order valence-electron chi connectivity index (χ3n) is 5.92. The molecule has 3 aromatic rings. The Hall–Kier alpha value is -2.33. The number of hydrogen-bond acceptors (Lipinski definition) is 6. The predicted molar refractivity (Wildman–Crippen MR) is 145 cm³/mol. The van der Waals surface area contributed by atoms with Crippen molar-refractivity contribution in [2.75, 3.05) is 45.2 Å². The fourth-order valence-corrected chi connectivity index (χ4v) is 6.49. The number of benzene rings is 2. The smallest absolute Gasteiger partial charge is 0.260 e. The van der Waals surface area contributed by atoms with E-state index < -0.39 is 10.0 Å². The van der Waals surface area contributed by atoms with Crippen LogP contribution in [-0.4, -0.2) is 68.8 Å². The Morgan fingerprint density at radius 2 is 1.51 bits per heavy atom. The number of fused-ring (bicyclic) bond motifs is 1. The molecule has 0 aliphatic heterocycles. The van der Waals surface area contributed by atoms with Crippen molar-refractivity contribution < 1.29 is 13.2 Å². The minimum absolute atomic E-state index is 0.192. The summed E-state index contributed by atoms with van der Waals surface area (Å²) in [6.45, 7) is 10.2. The molecule has 3 rings (SSSR count). The molecule has 0 N–H and O–H groups in total. The number of aryl methyl sites for hydroxylation is 2. The van der Waals surface area contributed by atoms with Crippen molar-refractivity contribution in [1.29, 1.82) is 0 Å². The molecule has 2 aromatic carbocycles. The van der Waals surface area contributed by atoms with E-state index >= 15 is 0 Å². The van der Waals surface area contributed by atoms with E-state index in [0.29, 0.717) is 36.9 Å². The van der Waals surface area contributed by atoms with Crippen LogP contribution in [0.15, 0.2) is 41.3 Å². The number of rotatable bonds is 11. The minimum Gasteiger partial charge on any atom is -0.308 e. The third-order valence-corrected chi connectivity index (χ3v) is 8.88. The summed E-state index contributed by atoms with van der Waals surface area (Å²) in [5, 5.41) is 0.644. The van der Waals surface area contributed by atoms with Gasteiger partial charge in [0.25, 0.3) is 5.91 Å². The van der Waals surface area contributed by atoms with Crippen LogP contribution in [0, 0.1) is 13.8 Å². The molecule has 9 heteroatoms. The van der Waals surface area contributed by atoms with Gasteiger partial charge in [0, 0.05) is 31.7 Å². The molecule has 1 amide bonds. The van der Waals surface area contributed by atoms with E-state index in [4.69, 9.17) is 4.98 Å². The van der Waals surface area contributed by atoms with Gasteiger partial charge in [-0.15, -0.1) is 0 Å². The molecule has 0 saturated heterocycles. The second kappa shape index (κ2) is 11.6. The summed E-state index contributed by atoms with van der Waals surface area (Å²) < 4.78 is 28.7. The maximum Gasteiger partial charge on any atom is 0.260 e. The lowest BCUT2D eigenvalue weighted by atomic mass is 10.1. The molecule has 0 radical (unpaired) electrons. The second-order valence-corrected chi connectivity index (χ2v) is 12.0. The van der Waals surface area contributed by atoms with Crippen molar-refractivity contribution in [1.82, 2.24) is 14.2 Å². The Balaban J connectivity index is 1.93. The number of thiazole rings is 1. The molecule has 0 unspecified atom stereocenters. The van der Waals surface area contributed by atoms with E-state index in [9.17, 15) is 13.2 Å². The van der Waals surface area contributed by atoms with Crippen LogP contribution in [0.25, 0.3) is 10.2 Å². The summed E-state index contributed by atoms with van der Waals surface area (Å²) in [6.07, 6.45) is 1.50. The molecule has 0 spiro atoms. The van der Waals surface area contributed by atoms with Crippen LogP contribution in [0.3, 0.4) is 0 Å². The van der Waals surface area contributed by atoms with E-state index in [1.54, 1.807) is 17.0 Å². The van der Waals surface area contributed by atoms with Gasteiger partial charge < -0.3 is 4.90 Å². The number of likely N-dealkylation sites (N-methyl/N-ethyl adjacent to an activating group) is 1. The van der Waals surface area contributed by atoms with Gasteiger partial charge in [-0.1, -0.05) is 25.2 Å². The van der Waals surface area contributed by atoms with E-state index in [1.807, 2.05) is 32.8 Å². The number of amides is 1. The quantitative estimate of drug-likeness (QED) is 0.361. The van der Waals surface area contributed by atoms with Crippen molar-refractivity contribution in [2.24, 2.45) is 0 Å². The molecule has 1 aromatic heterocycles. The highest BCUT2D eigenvalue weighted by Crippen LogP contribution is 2.31. The average molecular weight is 517 g/mol. The fourth-order valence-electron chi connectivity index (χ4n) is 3.79. The van der Waals surface area contributed by atoms with Crippen LogP contribution in [0.5, 0.6) is 0 Å². The summed E-state index contributed by atoms with van der Waals surface area (Å²) in [4.78, 5) is 22.3. The summed E-state index contributed by atoms with van der Waals surface area (Å²) in [7, 11) is 0.332. The van der Waals surface area contributed by atoms with E-state index in [-0.39, 0.29) is 10.8 Å². The van der Waals surface area contributed by atoms with Gasteiger partial charge in [0.15, 0.2) is 5.13 Å². The standard InChI is InChI=1S/C26H36N4O3S2/c1-7-13-29(14-8-2)35(32,33)22-11-9-21(10-12-22)25(31)30(16-15-28(5)6)26-27-23-17-19(3)20(4)18-24(23)34-26/h9-12,17-18H,7-8,13-16H2,1-6H3. The van der Waals surface area contributed by atoms with Crippen molar-refractivity contribution in [3.8, 4) is 0 Å². The van der Waals surface area contributed by atoms with Gasteiger partial charge in [0.2, 0.25) is 10.0 Å². The summed E-state index contributed by atoms with van der Waals surface area (Å²) in [6, 6.07) is 10.5. The molecule has 0 saturated carbocycles. The van der Waals surface area contributed by atoms with Gasteiger partial charge in [0.05, 0.1) is 15.1 Å². The van der Waals surface area contributed by atoms with Crippen LogP contribution in [0.4, 0.5) is 5.13 Å². The number of hydrogen-bond donors (Lipinski definition) is 0. The summed E-state index contributed by atoms with van der Waals surface area (Å²) in [5.74, 6) is -0.192. The normalized spacial score (nSPS) is 12.1. The number of carbonyl (C=O) groups is 1. The van der Waals surface area contributed by atoms with Crippen LogP contribution in [0.1, 0.15) is 48.2 Å². The predicted octanol–water partition coefficient (Wildman–Crippen LogP) is 4.93. The highest BCUT2D eigenvalue weighted by Gasteiger charge is 2.25. The van der Waals surface area contributed by atoms with Crippen LogP contribution in [-0.2, 0) is 10.0 Å². The van der Waals surface area contributed by atoms with E-state index in [1.165, 1.54) is 33.3 Å². The Morgan fingerprint density at radius 1 is 0.914 bits per heavy atom. The van der Waals surface area contributed by atoms with Crippen LogP contribution < -0.4 is 4.90 Å². The van der Waals surface area contributed by atoms with Crippen molar-refractivity contribution in [2.45, 2.75) is 45.4 Å². The molecule has 0 bridgehead atoms. The number of carbonyl (C=O) groups excluding carboxylic acids is 1. The lowest BCUT2D eigenvalue weighted by molar-refractivity contribution is 0.0985. The molecule has 1 heterocycles. The van der Waals surface area contributed by atoms with Gasteiger partial charge in [-0.2, -0.15) is 4.31 Å². The zero-order valence-corrected chi connectivity index (χ0v) is 23.2. The summed E-state index contributed by atoms with van der Waals surface area (Å²) in [5.41, 5.74) is 3.67. The lowest BCUT2D eigenvalue weighted by Crippen LogP contribution is -2.36. The Kier molecular flexibility index (Phi) is 9.04. The Morgan fingerprint density at radius 3 is 2.09 bits per heavy atom. The van der Waals surface area contributed by atoms with E-state index in [0.717, 1.165) is 28.6 Å². The van der Waals surface area contributed by atoms with Gasteiger partial charge in [-0.25, -0.2) is 13.4 Å². The topological polar surface area (TPSA) is 73.8 Å². The Bertz CT molecular complexity index is 1220. The van der Waals surface area contributed by atoms with Gasteiger partial charge in [-0.3, -0.25) is 9.69 Å². The SMILES string of the molecule is CCCN(CCC)S(=O)(=O)c1ccc(C(=O)N(CCN(C)C)c2nc3cc(C)c(C)cc3s2)cc1. The second-order valence-electron chi connectivity index (χ2n) is 9.09. The van der Waals surface area contributed by atoms with Crippen molar-refractivity contribution in [3.63, 3.8) is 0 Å². The largest absolute Gasteiger partial charge is 0.308 e. The molecule has 0 aliphatic rings. The molecule has 190 valence electrons. The highest BCUT2D eigenvalue weighted by atomic mass is 32.2. The highest BCUT2D eigenvalue weighted by molar-refractivity contribution is 7.89. The minimum atomic E-state index is -3.60. The average Bonchev–Trinajstić information content (AvgIpc) is 3.21. The monoisotopic (exact) mass is 516 g/mol. The molecule has 35 heavy (non-hydrogen) atoms. The Labute approximate surface area is 213 Å². The molecule has 0 atom stereocenters. The fraction of sp³-hybridized carbons (Fsp3) is 0.462. The summed E-state index contributed by atoms with van der Waals surface area (Å²) >= 11 is 1.50. The molecule has 0 aliphatic carbocycles. The van der Waals surface area contributed by atoms with Gasteiger partial charge in [-0.05, 0) is 88.3 Å². The van der Waals surface area contributed by atoms with Crippen molar-refractivity contribution in [3.05, 3.63) is 53.1 Å². The van der Waals surface area contributed by atoms with Gasteiger partial charge >= 0.3 is 0 Å². The first-order chi connectivity index (χ1) is 16.6. The van der Waals surface area contributed by atoms with Crippen molar-refractivity contribution >= 4 is 42.6 Å². The first-order valence-corrected chi connectivity index (χ1v) is 14.3. The molecule has 0 fully saturated rings. The first kappa shape index (κ1) is 27.3. The first-order valence-electron chi connectivity index (χ1n) is 12.0. The van der Waals surface area contributed by atoms with Gasteiger partial charge in [0.1, 0.15) is 0 Å².